The summed E-state index contributed by atoms with van der Waals surface area (Å²) in [6.07, 6.45) is 3.49. The summed E-state index contributed by atoms with van der Waals surface area (Å²) >= 11 is 0. The van der Waals surface area contributed by atoms with E-state index in [1.165, 1.54) is 0 Å². The summed E-state index contributed by atoms with van der Waals surface area (Å²) in [5, 5.41) is 3.78. The van der Waals surface area contributed by atoms with E-state index in [9.17, 15) is 0 Å². The first-order valence-corrected chi connectivity index (χ1v) is 5.06. The molecule has 1 atom stereocenters. The van der Waals surface area contributed by atoms with Crippen molar-refractivity contribution in [3.8, 4) is 5.88 Å². The van der Waals surface area contributed by atoms with Crippen molar-refractivity contribution in [2.24, 2.45) is 0 Å². The number of ether oxygens (including phenoxy) is 2. The molecule has 0 aliphatic rings. The Balaban J connectivity index is 2.51. The molecule has 0 bridgehead atoms. The van der Waals surface area contributed by atoms with Crippen LogP contribution in [0.4, 0.5) is 0 Å². The fraction of sp³-hybridized carbons (Fsp3) is 0.545. The van der Waals surface area contributed by atoms with Gasteiger partial charge in [-0.1, -0.05) is 19.4 Å². The van der Waals surface area contributed by atoms with E-state index in [0.717, 1.165) is 12.8 Å². The number of rotatable bonds is 7. The van der Waals surface area contributed by atoms with Crippen molar-refractivity contribution in [2.75, 3.05) is 13.7 Å². The predicted octanol–water partition coefficient (Wildman–Crippen LogP) is 2.73. The van der Waals surface area contributed by atoms with E-state index in [-0.39, 0.29) is 6.10 Å². The van der Waals surface area contributed by atoms with Crippen LogP contribution in [0, 0.1) is 0 Å². The Morgan fingerprint density at radius 1 is 1.67 bits per heavy atom. The van der Waals surface area contributed by atoms with Crippen LogP contribution >= 0.6 is 0 Å². The molecule has 0 spiro atoms. The number of hydrogen-bond donors (Lipinski definition) is 0. The van der Waals surface area contributed by atoms with E-state index in [1.54, 1.807) is 19.3 Å². The van der Waals surface area contributed by atoms with Gasteiger partial charge in [-0.25, -0.2) is 0 Å². The summed E-state index contributed by atoms with van der Waals surface area (Å²) in [5.74, 6) is 1.11. The van der Waals surface area contributed by atoms with Gasteiger partial charge in [-0.2, -0.15) is 0 Å². The summed E-state index contributed by atoms with van der Waals surface area (Å²) in [7, 11) is 1.59. The van der Waals surface area contributed by atoms with E-state index in [1.807, 2.05) is 0 Å². The third-order valence-corrected chi connectivity index (χ3v) is 2.00. The second-order valence-corrected chi connectivity index (χ2v) is 3.16. The zero-order valence-electron chi connectivity index (χ0n) is 9.23. The smallest absolute Gasteiger partial charge is 0.254 e. The van der Waals surface area contributed by atoms with Gasteiger partial charge in [0.2, 0.25) is 0 Å². The van der Waals surface area contributed by atoms with Crippen molar-refractivity contribution in [2.45, 2.75) is 25.9 Å². The molecule has 1 heterocycles. The number of unbranched alkanes of at least 4 members (excludes halogenated alkanes) is 1. The second-order valence-electron chi connectivity index (χ2n) is 3.16. The lowest BCUT2D eigenvalue weighted by atomic mass is 10.3. The lowest BCUT2D eigenvalue weighted by Crippen LogP contribution is -1.96. The van der Waals surface area contributed by atoms with E-state index >= 15 is 0 Å². The highest BCUT2D eigenvalue weighted by molar-refractivity contribution is 5.15. The average Bonchev–Trinajstić information content (AvgIpc) is 2.69. The predicted molar refractivity (Wildman–Crippen MR) is 56.9 cm³/mol. The van der Waals surface area contributed by atoms with Gasteiger partial charge >= 0.3 is 0 Å². The van der Waals surface area contributed by atoms with Crippen LogP contribution in [-0.4, -0.2) is 18.9 Å². The normalized spacial score (nSPS) is 12.4. The minimum absolute atomic E-state index is 0.263. The van der Waals surface area contributed by atoms with Crippen molar-refractivity contribution in [3.63, 3.8) is 0 Å². The Labute approximate surface area is 89.9 Å². The van der Waals surface area contributed by atoms with Crippen LogP contribution in [-0.2, 0) is 4.74 Å². The monoisotopic (exact) mass is 211 g/mol. The highest BCUT2D eigenvalue weighted by Crippen LogP contribution is 2.21. The van der Waals surface area contributed by atoms with Gasteiger partial charge < -0.3 is 14.0 Å². The van der Waals surface area contributed by atoms with Crippen LogP contribution in [0.3, 0.4) is 0 Å². The Bertz CT molecular complexity index is 296. The fourth-order valence-electron chi connectivity index (χ4n) is 1.12. The molecule has 0 amide bonds. The average molecular weight is 211 g/mol. The van der Waals surface area contributed by atoms with Gasteiger partial charge in [0, 0.05) is 13.2 Å². The first kappa shape index (κ1) is 11.8. The van der Waals surface area contributed by atoms with Crippen molar-refractivity contribution in [3.05, 3.63) is 24.5 Å². The van der Waals surface area contributed by atoms with Gasteiger partial charge in [0.25, 0.3) is 5.88 Å². The van der Waals surface area contributed by atoms with Gasteiger partial charge in [-0.3, -0.25) is 0 Å². The standard InChI is InChI=1S/C11H17NO3/c1-4-6-7-14-11-8-10(15-12-11)9(5-2)13-3/h5,8-9H,2,4,6-7H2,1,3H3/t9-/m1/s1. The van der Waals surface area contributed by atoms with Gasteiger partial charge in [0.1, 0.15) is 6.10 Å². The molecule has 0 N–H and O–H groups in total. The van der Waals surface area contributed by atoms with Crippen molar-refractivity contribution >= 4 is 0 Å². The van der Waals surface area contributed by atoms with Crippen molar-refractivity contribution in [1.82, 2.24) is 5.16 Å². The number of methoxy groups -OCH3 is 1. The molecule has 4 heteroatoms. The molecule has 0 aromatic carbocycles. The maximum atomic E-state index is 5.37. The van der Waals surface area contributed by atoms with Gasteiger partial charge in [-0.15, -0.1) is 6.58 Å². The molecule has 0 saturated heterocycles. The number of hydrogen-bond acceptors (Lipinski definition) is 4. The highest BCUT2D eigenvalue weighted by Gasteiger charge is 2.13. The van der Waals surface area contributed by atoms with E-state index in [2.05, 4.69) is 18.7 Å². The van der Waals surface area contributed by atoms with E-state index in [0.29, 0.717) is 18.2 Å². The van der Waals surface area contributed by atoms with E-state index < -0.39 is 0 Å². The maximum Gasteiger partial charge on any atom is 0.254 e. The minimum Gasteiger partial charge on any atom is -0.476 e. The maximum absolute atomic E-state index is 5.37. The lowest BCUT2D eigenvalue weighted by molar-refractivity contribution is 0.115. The SMILES string of the molecule is C=C[C@@H](OC)c1cc(OCCCC)no1. The van der Waals surface area contributed by atoms with Crippen LogP contribution in [0.1, 0.15) is 31.6 Å². The fourth-order valence-corrected chi connectivity index (χ4v) is 1.12. The van der Waals surface area contributed by atoms with Crippen molar-refractivity contribution in [1.29, 1.82) is 0 Å². The van der Waals surface area contributed by atoms with Crippen molar-refractivity contribution < 1.29 is 14.0 Å². The first-order valence-electron chi connectivity index (χ1n) is 5.06. The van der Waals surface area contributed by atoms with Crippen LogP contribution in [0.5, 0.6) is 5.88 Å². The molecule has 1 aromatic rings. The van der Waals surface area contributed by atoms with Gasteiger partial charge in [-0.05, 0) is 11.6 Å². The largest absolute Gasteiger partial charge is 0.476 e. The number of nitrogens with zero attached hydrogens (tertiary/aromatic N) is 1. The topological polar surface area (TPSA) is 44.5 Å². The summed E-state index contributed by atoms with van der Waals surface area (Å²) in [5.41, 5.74) is 0. The molecule has 1 rings (SSSR count). The van der Waals surface area contributed by atoms with E-state index in [4.69, 9.17) is 14.0 Å². The summed E-state index contributed by atoms with van der Waals surface area (Å²) in [6.45, 7) is 6.41. The Hall–Kier alpha value is -1.29. The third-order valence-electron chi connectivity index (χ3n) is 2.00. The molecular formula is C11H17NO3. The molecule has 0 radical (unpaired) electrons. The quantitative estimate of drug-likeness (QED) is 0.514. The Morgan fingerprint density at radius 3 is 3.07 bits per heavy atom. The molecule has 15 heavy (non-hydrogen) atoms. The lowest BCUT2D eigenvalue weighted by Gasteiger charge is -2.03. The molecule has 0 unspecified atom stereocenters. The van der Waals surface area contributed by atoms with Gasteiger partial charge in [0.15, 0.2) is 5.76 Å². The molecule has 0 aliphatic carbocycles. The molecule has 0 fully saturated rings. The molecule has 1 aromatic heterocycles. The molecule has 0 saturated carbocycles. The number of aromatic nitrogens is 1. The zero-order chi connectivity index (χ0) is 11.1. The highest BCUT2D eigenvalue weighted by atomic mass is 16.5. The Kier molecular flexibility index (Phi) is 4.90. The minimum atomic E-state index is -0.263. The third kappa shape index (κ3) is 3.40. The second kappa shape index (κ2) is 6.24. The molecule has 84 valence electrons. The summed E-state index contributed by atoms with van der Waals surface area (Å²) in [6, 6.07) is 1.73. The first-order chi connectivity index (χ1) is 7.31. The van der Waals surface area contributed by atoms with Crippen LogP contribution in [0.25, 0.3) is 0 Å². The summed E-state index contributed by atoms with van der Waals surface area (Å²) in [4.78, 5) is 0. The summed E-state index contributed by atoms with van der Waals surface area (Å²) < 4.78 is 15.6. The van der Waals surface area contributed by atoms with Gasteiger partial charge in [0.05, 0.1) is 6.61 Å². The molecular weight excluding hydrogens is 194 g/mol. The Morgan fingerprint density at radius 2 is 2.47 bits per heavy atom. The molecule has 4 nitrogen and oxygen atoms in total. The van der Waals surface area contributed by atoms with Crippen LogP contribution in [0.15, 0.2) is 23.2 Å². The zero-order valence-corrected chi connectivity index (χ0v) is 9.23. The van der Waals surface area contributed by atoms with Crippen LogP contribution in [0.2, 0.25) is 0 Å². The van der Waals surface area contributed by atoms with Crippen LogP contribution < -0.4 is 4.74 Å². The molecule has 0 aliphatic heterocycles.